The van der Waals surface area contributed by atoms with Gasteiger partial charge in [0, 0.05) is 10.6 Å². The van der Waals surface area contributed by atoms with Gasteiger partial charge in [0.2, 0.25) is 5.78 Å². The van der Waals surface area contributed by atoms with Crippen LogP contribution in [-0.2, 0) is 0 Å². The van der Waals surface area contributed by atoms with Crippen molar-refractivity contribution in [2.45, 2.75) is 13.0 Å². The molecular formula is C15H10BrCl2FO2. The van der Waals surface area contributed by atoms with Crippen LogP contribution in [0.15, 0.2) is 40.9 Å². The lowest BCUT2D eigenvalue weighted by molar-refractivity contribution is 0.0817. The number of hydrogen-bond acceptors (Lipinski definition) is 2. The van der Waals surface area contributed by atoms with Crippen molar-refractivity contribution in [2.75, 3.05) is 0 Å². The van der Waals surface area contributed by atoms with Gasteiger partial charge in [0.05, 0.1) is 9.50 Å². The molecule has 0 N–H and O–H groups in total. The molecular weight excluding hydrogens is 382 g/mol. The number of ether oxygens (including phenoxy) is 1. The molecule has 2 aromatic rings. The SMILES string of the molecule is CC(Oc1ccc(F)cc1Br)C(=O)c1ccc(Cl)cc1Cl. The highest BCUT2D eigenvalue weighted by Gasteiger charge is 2.20. The Morgan fingerprint density at radius 1 is 1.24 bits per heavy atom. The maximum absolute atomic E-state index is 13.0. The molecule has 0 saturated carbocycles. The number of ketones is 1. The Labute approximate surface area is 139 Å². The summed E-state index contributed by atoms with van der Waals surface area (Å²) in [6.45, 7) is 1.60. The summed E-state index contributed by atoms with van der Waals surface area (Å²) in [6, 6.07) is 8.60. The minimum atomic E-state index is -0.773. The highest BCUT2D eigenvalue weighted by Crippen LogP contribution is 2.28. The van der Waals surface area contributed by atoms with Gasteiger partial charge in [-0.05, 0) is 59.3 Å². The van der Waals surface area contributed by atoms with Crippen molar-refractivity contribution in [1.29, 1.82) is 0 Å². The molecule has 0 amide bonds. The Balaban J connectivity index is 2.19. The predicted molar refractivity (Wildman–Crippen MR) is 85.0 cm³/mol. The van der Waals surface area contributed by atoms with Crippen molar-refractivity contribution >= 4 is 44.9 Å². The van der Waals surface area contributed by atoms with Gasteiger partial charge in [0.15, 0.2) is 6.10 Å². The molecule has 21 heavy (non-hydrogen) atoms. The van der Waals surface area contributed by atoms with Crippen LogP contribution < -0.4 is 4.74 Å². The maximum atomic E-state index is 13.0. The van der Waals surface area contributed by atoms with Crippen LogP contribution in [0.25, 0.3) is 0 Å². The normalized spacial score (nSPS) is 12.0. The van der Waals surface area contributed by atoms with Crippen LogP contribution in [0.5, 0.6) is 5.75 Å². The zero-order chi connectivity index (χ0) is 15.6. The first-order valence-corrected chi connectivity index (χ1v) is 7.54. The number of benzene rings is 2. The summed E-state index contributed by atoms with van der Waals surface area (Å²) < 4.78 is 19.0. The third-order valence-corrected chi connectivity index (χ3v) is 3.93. The van der Waals surface area contributed by atoms with Gasteiger partial charge in [-0.1, -0.05) is 23.2 Å². The van der Waals surface area contributed by atoms with E-state index in [9.17, 15) is 9.18 Å². The molecule has 110 valence electrons. The third kappa shape index (κ3) is 3.96. The number of Topliss-reactive ketones (excluding diaryl/α,β-unsaturated/α-hetero) is 1. The van der Waals surface area contributed by atoms with E-state index in [1.165, 1.54) is 24.3 Å². The summed E-state index contributed by atoms with van der Waals surface area (Å²) in [7, 11) is 0. The Morgan fingerprint density at radius 3 is 2.57 bits per heavy atom. The van der Waals surface area contributed by atoms with Crippen molar-refractivity contribution in [3.05, 3.63) is 62.3 Å². The summed E-state index contributed by atoms with van der Waals surface area (Å²) in [6.07, 6.45) is -0.773. The zero-order valence-electron chi connectivity index (χ0n) is 10.9. The first-order chi connectivity index (χ1) is 9.88. The average Bonchev–Trinajstić information content (AvgIpc) is 2.41. The van der Waals surface area contributed by atoms with Crippen LogP contribution in [-0.4, -0.2) is 11.9 Å². The Kier molecular flexibility index (Phi) is 5.25. The van der Waals surface area contributed by atoms with E-state index >= 15 is 0 Å². The summed E-state index contributed by atoms with van der Waals surface area (Å²) in [5.74, 6) is -0.302. The summed E-state index contributed by atoms with van der Waals surface area (Å²) >= 11 is 15.0. The number of halogens is 4. The molecule has 0 spiro atoms. The molecule has 1 unspecified atom stereocenters. The predicted octanol–water partition coefficient (Wildman–Crippen LogP) is 5.55. The summed E-state index contributed by atoms with van der Waals surface area (Å²) in [5.41, 5.74) is 0.326. The molecule has 1 atom stereocenters. The fourth-order valence-electron chi connectivity index (χ4n) is 1.72. The smallest absolute Gasteiger partial charge is 0.204 e. The molecule has 0 aromatic heterocycles. The molecule has 0 aliphatic heterocycles. The summed E-state index contributed by atoms with van der Waals surface area (Å²) in [4.78, 5) is 12.3. The van der Waals surface area contributed by atoms with E-state index in [4.69, 9.17) is 27.9 Å². The largest absolute Gasteiger partial charge is 0.481 e. The molecule has 0 heterocycles. The first-order valence-electron chi connectivity index (χ1n) is 5.99. The zero-order valence-corrected chi connectivity index (χ0v) is 14.0. The second-order valence-corrected chi connectivity index (χ2v) is 6.02. The topological polar surface area (TPSA) is 26.3 Å². The Hall–Kier alpha value is -1.10. The van der Waals surface area contributed by atoms with Crippen molar-refractivity contribution < 1.29 is 13.9 Å². The maximum Gasteiger partial charge on any atom is 0.204 e. The van der Waals surface area contributed by atoms with E-state index in [1.807, 2.05) is 0 Å². The van der Waals surface area contributed by atoms with E-state index in [1.54, 1.807) is 19.1 Å². The second kappa shape index (κ2) is 6.77. The Bertz CT molecular complexity index is 691. The Morgan fingerprint density at radius 2 is 1.95 bits per heavy atom. The standard InChI is InChI=1S/C15H10BrCl2FO2/c1-8(21-14-5-3-10(19)7-12(14)16)15(20)11-4-2-9(17)6-13(11)18/h2-8H,1H3. The average molecular weight is 392 g/mol. The van der Waals surface area contributed by atoms with E-state index in [0.29, 0.717) is 20.8 Å². The number of hydrogen-bond donors (Lipinski definition) is 0. The number of carbonyl (C=O) groups excluding carboxylic acids is 1. The molecule has 0 aliphatic carbocycles. The highest BCUT2D eigenvalue weighted by molar-refractivity contribution is 9.10. The van der Waals surface area contributed by atoms with E-state index in [0.717, 1.165) is 0 Å². The van der Waals surface area contributed by atoms with Gasteiger partial charge >= 0.3 is 0 Å². The van der Waals surface area contributed by atoms with E-state index < -0.39 is 11.9 Å². The van der Waals surface area contributed by atoms with Gasteiger partial charge in [-0.15, -0.1) is 0 Å². The van der Waals surface area contributed by atoms with E-state index in [-0.39, 0.29) is 10.8 Å². The van der Waals surface area contributed by atoms with Crippen LogP contribution in [0.2, 0.25) is 10.0 Å². The van der Waals surface area contributed by atoms with E-state index in [2.05, 4.69) is 15.9 Å². The molecule has 2 nitrogen and oxygen atoms in total. The molecule has 2 aromatic carbocycles. The monoisotopic (exact) mass is 390 g/mol. The lowest BCUT2D eigenvalue weighted by Crippen LogP contribution is -2.24. The molecule has 0 fully saturated rings. The molecule has 0 bridgehead atoms. The van der Waals surface area contributed by atoms with Crippen molar-refractivity contribution in [1.82, 2.24) is 0 Å². The van der Waals surface area contributed by atoms with Crippen LogP contribution in [0.3, 0.4) is 0 Å². The van der Waals surface area contributed by atoms with Gasteiger partial charge in [0.1, 0.15) is 11.6 Å². The number of rotatable bonds is 4. The van der Waals surface area contributed by atoms with Gasteiger partial charge < -0.3 is 4.74 Å². The van der Waals surface area contributed by atoms with Crippen molar-refractivity contribution in [3.8, 4) is 5.75 Å². The molecule has 0 radical (unpaired) electrons. The van der Waals surface area contributed by atoms with Crippen LogP contribution in [0.1, 0.15) is 17.3 Å². The lowest BCUT2D eigenvalue weighted by atomic mass is 10.1. The fraction of sp³-hybridized carbons (Fsp3) is 0.133. The van der Waals surface area contributed by atoms with Gasteiger partial charge in [-0.25, -0.2) is 4.39 Å². The van der Waals surface area contributed by atoms with Gasteiger partial charge in [-0.3, -0.25) is 4.79 Å². The lowest BCUT2D eigenvalue weighted by Gasteiger charge is -2.15. The first kappa shape index (κ1) is 16.3. The molecule has 0 saturated heterocycles. The van der Waals surface area contributed by atoms with Crippen LogP contribution in [0, 0.1) is 5.82 Å². The minimum absolute atomic E-state index is 0.265. The van der Waals surface area contributed by atoms with Crippen LogP contribution >= 0.6 is 39.1 Å². The minimum Gasteiger partial charge on any atom is -0.481 e. The van der Waals surface area contributed by atoms with Gasteiger partial charge in [0.25, 0.3) is 0 Å². The van der Waals surface area contributed by atoms with Crippen molar-refractivity contribution in [3.63, 3.8) is 0 Å². The van der Waals surface area contributed by atoms with Gasteiger partial charge in [-0.2, -0.15) is 0 Å². The molecule has 0 aliphatic rings. The highest BCUT2D eigenvalue weighted by atomic mass is 79.9. The van der Waals surface area contributed by atoms with Crippen molar-refractivity contribution in [2.24, 2.45) is 0 Å². The summed E-state index contributed by atoms with van der Waals surface area (Å²) in [5, 5.41) is 0.715. The second-order valence-electron chi connectivity index (χ2n) is 4.32. The number of carbonyl (C=O) groups is 1. The fourth-order valence-corrected chi connectivity index (χ4v) is 2.67. The third-order valence-electron chi connectivity index (χ3n) is 2.76. The molecule has 2 rings (SSSR count). The van der Waals surface area contributed by atoms with Crippen LogP contribution in [0.4, 0.5) is 4.39 Å². The quantitative estimate of drug-likeness (QED) is 0.639. The molecule has 6 heteroatoms.